The van der Waals surface area contributed by atoms with Crippen LogP contribution in [0.5, 0.6) is 0 Å². The summed E-state index contributed by atoms with van der Waals surface area (Å²) in [5.41, 5.74) is 0.929. The maximum Gasteiger partial charge on any atom is 0.155 e. The fraction of sp³-hybridized carbons (Fsp3) is 0.462. The van der Waals surface area contributed by atoms with Crippen molar-refractivity contribution in [2.75, 3.05) is 25.1 Å². The van der Waals surface area contributed by atoms with Crippen molar-refractivity contribution in [3.8, 4) is 0 Å². The van der Waals surface area contributed by atoms with Gasteiger partial charge in [-0.05, 0) is 24.7 Å². The van der Waals surface area contributed by atoms with E-state index in [2.05, 4.69) is 4.90 Å². The van der Waals surface area contributed by atoms with E-state index in [4.69, 9.17) is 23.2 Å². The maximum absolute atomic E-state index is 12.2. The number of likely N-dealkylation sites (N-methyl/N-ethyl adjacent to an activating group) is 1. The van der Waals surface area contributed by atoms with Crippen LogP contribution < -0.4 is 0 Å². The molecule has 0 radical (unpaired) electrons. The molecule has 1 saturated heterocycles. The Morgan fingerprint density at radius 1 is 1.44 bits per heavy atom. The fourth-order valence-electron chi connectivity index (χ4n) is 1.99. The molecule has 1 fully saturated rings. The second kappa shape index (κ2) is 6.29. The van der Waals surface area contributed by atoms with Gasteiger partial charge in [0.15, 0.2) is 5.78 Å². The first-order valence-electron chi connectivity index (χ1n) is 5.82. The normalized spacial score (nSPS) is 20.9. The number of nitrogens with zero attached hydrogens (tertiary/aromatic N) is 1. The average molecular weight is 304 g/mol. The minimum Gasteiger partial charge on any atom is -0.298 e. The van der Waals surface area contributed by atoms with Crippen molar-refractivity contribution in [1.29, 1.82) is 0 Å². The molecule has 0 saturated carbocycles. The van der Waals surface area contributed by atoms with Gasteiger partial charge in [-0.2, -0.15) is 11.8 Å². The number of benzene rings is 1. The second-order valence-corrected chi connectivity index (χ2v) is 6.43. The monoisotopic (exact) mass is 303 g/mol. The molecule has 2 rings (SSSR count). The van der Waals surface area contributed by atoms with Gasteiger partial charge >= 0.3 is 0 Å². The van der Waals surface area contributed by atoms with Crippen molar-refractivity contribution in [2.24, 2.45) is 0 Å². The lowest BCUT2D eigenvalue weighted by Crippen LogP contribution is -2.45. The molecule has 5 heteroatoms. The Kier molecular flexibility index (Phi) is 4.96. The molecule has 18 heavy (non-hydrogen) atoms. The summed E-state index contributed by atoms with van der Waals surface area (Å²) in [5.74, 6) is 2.24. The Hall–Kier alpha value is -0.220. The highest BCUT2D eigenvalue weighted by molar-refractivity contribution is 7.99. The number of Topliss-reactive ketones (excluding diaryl/α,β-unsaturated/α-hetero) is 1. The van der Waals surface area contributed by atoms with Gasteiger partial charge in [-0.25, -0.2) is 0 Å². The third kappa shape index (κ3) is 3.41. The third-order valence-corrected chi connectivity index (χ3v) is 4.89. The Balaban J connectivity index is 2.04. The Bertz CT molecular complexity index is 453. The van der Waals surface area contributed by atoms with E-state index in [0.29, 0.717) is 16.5 Å². The lowest BCUT2D eigenvalue weighted by Gasteiger charge is -2.30. The number of ketones is 1. The van der Waals surface area contributed by atoms with Gasteiger partial charge in [-0.1, -0.05) is 29.3 Å². The lowest BCUT2D eigenvalue weighted by molar-refractivity contribution is -0.122. The molecule has 1 heterocycles. The van der Waals surface area contributed by atoms with Crippen LogP contribution in [0.25, 0.3) is 0 Å². The van der Waals surface area contributed by atoms with Gasteiger partial charge in [0.25, 0.3) is 0 Å². The largest absolute Gasteiger partial charge is 0.298 e. The zero-order chi connectivity index (χ0) is 13.1. The molecule has 0 amide bonds. The fourth-order valence-corrected chi connectivity index (χ4v) is 3.56. The van der Waals surface area contributed by atoms with Crippen LogP contribution >= 0.6 is 35.0 Å². The van der Waals surface area contributed by atoms with Crippen molar-refractivity contribution in [2.45, 2.75) is 12.5 Å². The number of carbonyl (C=O) groups excluding carboxylic acids is 1. The standard InChI is InChI=1S/C13H15Cl2NOS/c1-16-4-5-18-8-12(16)13(17)7-9-2-3-10(14)11(15)6-9/h2-3,6,12H,4-5,7-8H2,1H3. The van der Waals surface area contributed by atoms with Crippen molar-refractivity contribution in [1.82, 2.24) is 4.90 Å². The number of hydrogen-bond acceptors (Lipinski definition) is 3. The molecule has 1 unspecified atom stereocenters. The summed E-state index contributed by atoms with van der Waals surface area (Å²) in [5, 5.41) is 1.03. The highest BCUT2D eigenvalue weighted by Gasteiger charge is 2.26. The molecule has 98 valence electrons. The first kappa shape index (κ1) is 14.2. The Labute approximate surface area is 122 Å². The molecule has 0 aliphatic carbocycles. The summed E-state index contributed by atoms with van der Waals surface area (Å²) in [6, 6.07) is 5.41. The van der Waals surface area contributed by atoms with Crippen LogP contribution in [-0.4, -0.2) is 41.8 Å². The molecule has 1 aliphatic rings. The molecule has 1 aromatic carbocycles. The van der Waals surface area contributed by atoms with Gasteiger partial charge in [0.1, 0.15) is 0 Å². The molecule has 1 atom stereocenters. The first-order valence-corrected chi connectivity index (χ1v) is 7.73. The van der Waals surface area contributed by atoms with Crippen LogP contribution in [-0.2, 0) is 11.2 Å². The summed E-state index contributed by atoms with van der Waals surface area (Å²) < 4.78 is 0. The van der Waals surface area contributed by atoms with Gasteiger partial charge in [0.05, 0.1) is 16.1 Å². The van der Waals surface area contributed by atoms with E-state index in [0.717, 1.165) is 23.6 Å². The van der Waals surface area contributed by atoms with Gasteiger partial charge in [0.2, 0.25) is 0 Å². The van der Waals surface area contributed by atoms with E-state index in [-0.39, 0.29) is 11.8 Å². The van der Waals surface area contributed by atoms with E-state index < -0.39 is 0 Å². The van der Waals surface area contributed by atoms with Crippen molar-refractivity contribution in [3.63, 3.8) is 0 Å². The molecule has 0 aromatic heterocycles. The Morgan fingerprint density at radius 3 is 2.89 bits per heavy atom. The zero-order valence-electron chi connectivity index (χ0n) is 10.2. The van der Waals surface area contributed by atoms with Gasteiger partial charge in [0, 0.05) is 24.5 Å². The lowest BCUT2D eigenvalue weighted by atomic mass is 10.0. The van der Waals surface area contributed by atoms with E-state index >= 15 is 0 Å². The zero-order valence-corrected chi connectivity index (χ0v) is 12.5. The smallest absolute Gasteiger partial charge is 0.155 e. The molecule has 0 N–H and O–H groups in total. The van der Waals surface area contributed by atoms with Gasteiger partial charge < -0.3 is 0 Å². The van der Waals surface area contributed by atoms with E-state index in [9.17, 15) is 4.79 Å². The topological polar surface area (TPSA) is 20.3 Å². The third-order valence-electron chi connectivity index (χ3n) is 3.13. The molecule has 1 aromatic rings. The Morgan fingerprint density at radius 2 is 2.22 bits per heavy atom. The number of carbonyl (C=O) groups is 1. The van der Waals surface area contributed by atoms with Crippen LogP contribution in [0, 0.1) is 0 Å². The number of thioether (sulfide) groups is 1. The van der Waals surface area contributed by atoms with Crippen LogP contribution in [0.15, 0.2) is 18.2 Å². The van der Waals surface area contributed by atoms with E-state index in [1.54, 1.807) is 12.1 Å². The predicted molar refractivity (Wildman–Crippen MR) is 78.9 cm³/mol. The summed E-state index contributed by atoms with van der Waals surface area (Å²) in [6.07, 6.45) is 0.423. The first-order chi connectivity index (χ1) is 8.58. The van der Waals surface area contributed by atoms with Crippen molar-refractivity contribution >= 4 is 40.7 Å². The van der Waals surface area contributed by atoms with Crippen LogP contribution in [0.1, 0.15) is 5.56 Å². The molecular formula is C13H15Cl2NOS. The van der Waals surface area contributed by atoms with Crippen LogP contribution in [0.4, 0.5) is 0 Å². The molecule has 2 nitrogen and oxygen atoms in total. The highest BCUT2D eigenvalue weighted by Crippen LogP contribution is 2.24. The van der Waals surface area contributed by atoms with Crippen molar-refractivity contribution < 1.29 is 4.79 Å². The summed E-state index contributed by atoms with van der Waals surface area (Å²) in [7, 11) is 2.01. The van der Waals surface area contributed by atoms with E-state index in [1.165, 1.54) is 0 Å². The molecule has 1 aliphatic heterocycles. The quantitative estimate of drug-likeness (QED) is 0.855. The van der Waals surface area contributed by atoms with Crippen molar-refractivity contribution in [3.05, 3.63) is 33.8 Å². The SMILES string of the molecule is CN1CCSCC1C(=O)Cc1ccc(Cl)c(Cl)c1. The minimum absolute atomic E-state index is 0.0261. The number of hydrogen-bond donors (Lipinski definition) is 0. The minimum atomic E-state index is 0.0261. The summed E-state index contributed by atoms with van der Waals surface area (Å²) in [4.78, 5) is 14.4. The number of rotatable bonds is 3. The van der Waals surface area contributed by atoms with Gasteiger partial charge in [-0.3, -0.25) is 9.69 Å². The maximum atomic E-state index is 12.2. The molecule has 0 spiro atoms. The van der Waals surface area contributed by atoms with E-state index in [1.807, 2.05) is 24.9 Å². The highest BCUT2D eigenvalue weighted by atomic mass is 35.5. The average Bonchev–Trinajstić information content (AvgIpc) is 2.34. The number of halogens is 2. The molecule has 0 bridgehead atoms. The second-order valence-electron chi connectivity index (χ2n) is 4.46. The van der Waals surface area contributed by atoms with Crippen LogP contribution in [0.2, 0.25) is 10.0 Å². The van der Waals surface area contributed by atoms with Crippen LogP contribution in [0.3, 0.4) is 0 Å². The summed E-state index contributed by atoms with van der Waals surface area (Å²) >= 11 is 13.7. The summed E-state index contributed by atoms with van der Waals surface area (Å²) in [6.45, 7) is 0.975. The molecular weight excluding hydrogens is 289 g/mol. The van der Waals surface area contributed by atoms with Gasteiger partial charge in [-0.15, -0.1) is 0 Å². The predicted octanol–water partition coefficient (Wildman–Crippen LogP) is 3.15.